The zero-order valence-corrected chi connectivity index (χ0v) is 20.4. The number of fused-ring (bicyclic) bond motifs is 5. The molecule has 5 heteroatoms. The summed E-state index contributed by atoms with van der Waals surface area (Å²) < 4.78 is 7.68. The number of allylic oxidation sites excluding steroid dienone is 3. The molecule has 0 amide bonds. The van der Waals surface area contributed by atoms with Crippen LogP contribution in [0.15, 0.2) is 42.0 Å². The molecule has 1 aromatic rings. The molecular formula is C28H38N2O3. The van der Waals surface area contributed by atoms with Crippen molar-refractivity contribution >= 4 is 11.8 Å². The molecule has 4 aliphatic carbocycles. The molecule has 33 heavy (non-hydrogen) atoms. The number of ketones is 1. The number of esters is 1. The first kappa shape index (κ1) is 22.6. The molecule has 0 aliphatic heterocycles. The van der Waals surface area contributed by atoms with Gasteiger partial charge >= 0.3 is 5.97 Å². The summed E-state index contributed by atoms with van der Waals surface area (Å²) in [4.78, 5) is 29.4. The summed E-state index contributed by atoms with van der Waals surface area (Å²) in [6.45, 7) is 7.23. The van der Waals surface area contributed by atoms with Gasteiger partial charge in [-0.3, -0.25) is 9.59 Å². The highest BCUT2D eigenvalue weighted by atomic mass is 16.5. The van der Waals surface area contributed by atoms with Crippen LogP contribution in [0.2, 0.25) is 0 Å². The van der Waals surface area contributed by atoms with E-state index in [1.165, 1.54) is 12.0 Å². The average molecular weight is 451 g/mol. The van der Waals surface area contributed by atoms with Crippen LogP contribution in [-0.4, -0.2) is 27.4 Å². The van der Waals surface area contributed by atoms with Crippen molar-refractivity contribution in [2.75, 3.05) is 0 Å². The van der Waals surface area contributed by atoms with Crippen molar-refractivity contribution in [2.45, 2.75) is 91.2 Å². The second-order valence-electron chi connectivity index (χ2n) is 11.3. The second kappa shape index (κ2) is 8.56. The zero-order chi connectivity index (χ0) is 23.2. The lowest BCUT2D eigenvalue weighted by molar-refractivity contribution is -0.151. The number of aromatic nitrogens is 2. The van der Waals surface area contributed by atoms with Gasteiger partial charge in [0.1, 0.15) is 6.10 Å². The number of rotatable bonds is 6. The van der Waals surface area contributed by atoms with Gasteiger partial charge in [-0.15, -0.1) is 0 Å². The molecule has 5 rings (SSSR count). The molecule has 5 nitrogen and oxygen atoms in total. The molecule has 1 aromatic heterocycles. The fourth-order valence-electron chi connectivity index (χ4n) is 7.81. The van der Waals surface area contributed by atoms with E-state index in [9.17, 15) is 9.59 Å². The first-order chi connectivity index (χ1) is 15.8. The Morgan fingerprint density at radius 2 is 1.94 bits per heavy atom. The summed E-state index contributed by atoms with van der Waals surface area (Å²) in [5.74, 6) is 2.06. The Labute approximate surface area is 197 Å². The number of Topliss-reactive ketones (excluding diaryl/α,β-unsaturated/α-hetero) is 1. The molecule has 1 heterocycles. The Hall–Kier alpha value is -2.17. The van der Waals surface area contributed by atoms with Gasteiger partial charge in [0.15, 0.2) is 5.78 Å². The summed E-state index contributed by atoms with van der Waals surface area (Å²) in [6.07, 6.45) is 18.9. The van der Waals surface area contributed by atoms with E-state index in [2.05, 4.69) is 31.0 Å². The molecule has 0 saturated heterocycles. The first-order valence-corrected chi connectivity index (χ1v) is 12.9. The van der Waals surface area contributed by atoms with E-state index in [1.54, 1.807) is 12.5 Å². The summed E-state index contributed by atoms with van der Waals surface area (Å²) >= 11 is 0. The van der Waals surface area contributed by atoms with Crippen molar-refractivity contribution in [3.8, 4) is 0 Å². The lowest BCUT2D eigenvalue weighted by atomic mass is 9.47. The van der Waals surface area contributed by atoms with Gasteiger partial charge in [-0.1, -0.05) is 38.5 Å². The van der Waals surface area contributed by atoms with Gasteiger partial charge in [0, 0.05) is 25.2 Å². The summed E-state index contributed by atoms with van der Waals surface area (Å²) in [5, 5.41) is 0. The standard InChI is InChI=1S/C28H38N2O3/c1-4-5-26(32)33-20-10-12-27(2)19(16-20)6-7-21-22-8-9-24(28(22,3)13-11-23(21)27)25(31)17-30-15-14-29-18-30/h6,9,14-15,18,20-23H,4-5,7-8,10-13,16-17H2,1-3H3/t20-,21-,22-,23-,27-,28-/m0/s1. The maximum atomic E-state index is 13.2. The molecule has 0 radical (unpaired) electrons. The van der Waals surface area contributed by atoms with Crippen LogP contribution < -0.4 is 0 Å². The Morgan fingerprint density at radius 1 is 1.12 bits per heavy atom. The van der Waals surface area contributed by atoms with Gasteiger partial charge in [-0.2, -0.15) is 0 Å². The van der Waals surface area contributed by atoms with Gasteiger partial charge in [0.2, 0.25) is 0 Å². The van der Waals surface area contributed by atoms with E-state index >= 15 is 0 Å². The lowest BCUT2D eigenvalue weighted by Crippen LogP contribution is -2.50. The van der Waals surface area contributed by atoms with Gasteiger partial charge in [0.25, 0.3) is 0 Å². The number of carbonyl (C=O) groups is 2. The topological polar surface area (TPSA) is 61.2 Å². The molecule has 0 spiro atoms. The summed E-state index contributed by atoms with van der Waals surface area (Å²) in [7, 11) is 0. The Bertz CT molecular complexity index is 977. The normalized spacial score (nSPS) is 37.3. The summed E-state index contributed by atoms with van der Waals surface area (Å²) in [6, 6.07) is 0. The van der Waals surface area contributed by atoms with E-state index in [0.717, 1.165) is 50.5 Å². The highest BCUT2D eigenvalue weighted by Gasteiger charge is 2.57. The van der Waals surface area contributed by atoms with E-state index < -0.39 is 0 Å². The van der Waals surface area contributed by atoms with Crippen molar-refractivity contribution < 1.29 is 14.3 Å². The molecule has 6 atom stereocenters. The third-order valence-corrected chi connectivity index (χ3v) is 9.58. The molecule has 0 aromatic carbocycles. The largest absolute Gasteiger partial charge is 0.462 e. The SMILES string of the molecule is CCCC(=O)O[C@H]1CC[C@@]2(C)C(=CC[C@@H]3[C@@H]2CC[C@]2(C)C(C(=O)Cn4ccnc4)=CC[C@@H]32)C1. The van der Waals surface area contributed by atoms with E-state index in [4.69, 9.17) is 4.74 Å². The van der Waals surface area contributed by atoms with Crippen LogP contribution in [0, 0.1) is 28.6 Å². The van der Waals surface area contributed by atoms with Crippen molar-refractivity contribution in [1.82, 2.24) is 9.55 Å². The molecule has 0 unspecified atom stereocenters. The number of hydrogen-bond donors (Lipinski definition) is 0. The van der Waals surface area contributed by atoms with Crippen LogP contribution in [0.5, 0.6) is 0 Å². The van der Waals surface area contributed by atoms with Gasteiger partial charge < -0.3 is 9.30 Å². The predicted molar refractivity (Wildman–Crippen MR) is 127 cm³/mol. The Kier molecular flexibility index (Phi) is 5.86. The van der Waals surface area contributed by atoms with E-state index in [0.29, 0.717) is 30.7 Å². The highest BCUT2D eigenvalue weighted by molar-refractivity contribution is 5.97. The maximum Gasteiger partial charge on any atom is 0.306 e. The van der Waals surface area contributed by atoms with Gasteiger partial charge in [-0.25, -0.2) is 4.98 Å². The minimum atomic E-state index is -0.0428. The number of nitrogens with zero attached hydrogens (tertiary/aromatic N) is 2. The van der Waals surface area contributed by atoms with Crippen LogP contribution in [0.25, 0.3) is 0 Å². The third-order valence-electron chi connectivity index (χ3n) is 9.58. The first-order valence-electron chi connectivity index (χ1n) is 12.9. The number of imidazole rings is 1. The predicted octanol–water partition coefficient (Wildman–Crippen LogP) is 5.66. The van der Waals surface area contributed by atoms with Crippen molar-refractivity contribution in [2.24, 2.45) is 28.6 Å². The fraction of sp³-hybridized carbons (Fsp3) is 0.679. The summed E-state index contributed by atoms with van der Waals surface area (Å²) in [5.41, 5.74) is 2.79. The maximum absolute atomic E-state index is 13.2. The van der Waals surface area contributed by atoms with Crippen molar-refractivity contribution in [3.05, 3.63) is 42.0 Å². The fourth-order valence-corrected chi connectivity index (χ4v) is 7.81. The quantitative estimate of drug-likeness (QED) is 0.414. The van der Waals surface area contributed by atoms with Crippen LogP contribution in [0.4, 0.5) is 0 Å². The smallest absolute Gasteiger partial charge is 0.306 e. The molecule has 0 N–H and O–H groups in total. The van der Waals surface area contributed by atoms with Crippen molar-refractivity contribution in [1.29, 1.82) is 0 Å². The highest BCUT2D eigenvalue weighted by Crippen LogP contribution is 2.65. The van der Waals surface area contributed by atoms with E-state index in [-0.39, 0.29) is 28.7 Å². The van der Waals surface area contributed by atoms with Gasteiger partial charge in [-0.05, 0) is 79.1 Å². The molecular weight excluding hydrogens is 412 g/mol. The van der Waals surface area contributed by atoms with Crippen LogP contribution in [0.3, 0.4) is 0 Å². The monoisotopic (exact) mass is 450 g/mol. The van der Waals surface area contributed by atoms with Crippen LogP contribution in [0.1, 0.15) is 78.6 Å². The number of hydrogen-bond acceptors (Lipinski definition) is 4. The van der Waals surface area contributed by atoms with Crippen molar-refractivity contribution in [3.63, 3.8) is 0 Å². The molecule has 2 fully saturated rings. The van der Waals surface area contributed by atoms with E-state index in [1.807, 2.05) is 17.7 Å². The minimum Gasteiger partial charge on any atom is -0.462 e. The number of ether oxygens (including phenoxy) is 1. The number of carbonyl (C=O) groups excluding carboxylic acids is 2. The van der Waals surface area contributed by atoms with Gasteiger partial charge in [0.05, 0.1) is 12.9 Å². The molecule has 178 valence electrons. The third kappa shape index (κ3) is 3.81. The average Bonchev–Trinajstić information content (AvgIpc) is 3.41. The molecule has 2 saturated carbocycles. The molecule has 4 aliphatic rings. The van der Waals surface area contributed by atoms with Crippen LogP contribution >= 0.6 is 0 Å². The minimum absolute atomic E-state index is 0.00653. The van der Waals surface area contributed by atoms with Crippen LogP contribution in [-0.2, 0) is 20.9 Å². The Morgan fingerprint density at radius 3 is 2.70 bits per heavy atom. The second-order valence-corrected chi connectivity index (χ2v) is 11.3. The molecule has 0 bridgehead atoms. The Balaban J connectivity index is 1.31. The lowest BCUT2D eigenvalue weighted by Gasteiger charge is -2.57. The zero-order valence-electron chi connectivity index (χ0n) is 20.4.